The number of likely N-dealkylation sites (N-methyl/N-ethyl adjacent to an activating group) is 1. The minimum absolute atomic E-state index is 0.0950. The van der Waals surface area contributed by atoms with Crippen LogP contribution in [0.25, 0.3) is 0 Å². The van der Waals surface area contributed by atoms with Gasteiger partial charge in [0.1, 0.15) is 5.82 Å². The summed E-state index contributed by atoms with van der Waals surface area (Å²) in [5.74, 6) is -0.342. The second kappa shape index (κ2) is 5.94. The highest BCUT2D eigenvalue weighted by Crippen LogP contribution is 2.28. The van der Waals surface area contributed by atoms with Crippen LogP contribution in [0, 0.1) is 5.82 Å². The number of nitrogens with one attached hydrogen (secondary N) is 1. The molecule has 0 aliphatic heterocycles. The van der Waals surface area contributed by atoms with Crippen molar-refractivity contribution in [3.8, 4) is 0 Å². The van der Waals surface area contributed by atoms with Gasteiger partial charge in [-0.3, -0.25) is 4.98 Å². The van der Waals surface area contributed by atoms with Gasteiger partial charge in [-0.25, -0.2) is 4.39 Å². The van der Waals surface area contributed by atoms with E-state index < -0.39 is 0 Å². The molecule has 1 atom stereocenters. The molecule has 0 aliphatic carbocycles. The van der Waals surface area contributed by atoms with Crippen LogP contribution < -0.4 is 5.32 Å². The van der Waals surface area contributed by atoms with E-state index in [2.05, 4.69) is 10.3 Å². The van der Waals surface area contributed by atoms with Crippen molar-refractivity contribution in [2.24, 2.45) is 0 Å². The van der Waals surface area contributed by atoms with Gasteiger partial charge in [-0.15, -0.1) is 0 Å². The van der Waals surface area contributed by atoms with E-state index in [0.717, 1.165) is 5.56 Å². The quantitative estimate of drug-likeness (QED) is 0.917. The lowest BCUT2D eigenvalue weighted by atomic mass is 9.92. The Labute approximate surface area is 111 Å². The first-order valence-electron chi connectivity index (χ1n) is 5.72. The minimum atomic E-state index is -0.247. The van der Waals surface area contributed by atoms with Crippen molar-refractivity contribution in [2.75, 3.05) is 13.6 Å². The van der Waals surface area contributed by atoms with E-state index in [1.165, 1.54) is 6.07 Å². The molecule has 2 nitrogen and oxygen atoms in total. The van der Waals surface area contributed by atoms with E-state index in [1.54, 1.807) is 24.5 Å². The molecule has 18 heavy (non-hydrogen) atoms. The van der Waals surface area contributed by atoms with Crippen LogP contribution in [-0.4, -0.2) is 18.6 Å². The molecule has 0 spiro atoms. The Bertz CT molecular complexity index is 516. The Kier molecular flexibility index (Phi) is 4.28. The fourth-order valence-corrected chi connectivity index (χ4v) is 2.16. The SMILES string of the molecule is CNCC(c1cccnc1)c1cc(Cl)ccc1F. The number of hydrogen-bond acceptors (Lipinski definition) is 2. The highest BCUT2D eigenvalue weighted by Gasteiger charge is 2.17. The molecule has 0 fully saturated rings. The number of rotatable bonds is 4. The Hall–Kier alpha value is -1.45. The Morgan fingerprint density at radius 1 is 1.39 bits per heavy atom. The Morgan fingerprint density at radius 3 is 2.89 bits per heavy atom. The summed E-state index contributed by atoms with van der Waals surface area (Å²) in [4.78, 5) is 4.08. The maximum atomic E-state index is 13.9. The van der Waals surface area contributed by atoms with Crippen molar-refractivity contribution in [2.45, 2.75) is 5.92 Å². The molecule has 4 heteroatoms. The van der Waals surface area contributed by atoms with Crippen molar-refractivity contribution in [3.63, 3.8) is 0 Å². The van der Waals surface area contributed by atoms with Crippen LogP contribution in [0.5, 0.6) is 0 Å². The van der Waals surface area contributed by atoms with Gasteiger partial charge in [0, 0.05) is 29.9 Å². The smallest absolute Gasteiger partial charge is 0.127 e. The molecule has 1 aromatic heterocycles. The zero-order chi connectivity index (χ0) is 13.0. The van der Waals surface area contributed by atoms with E-state index in [0.29, 0.717) is 17.1 Å². The van der Waals surface area contributed by atoms with Crippen LogP contribution in [0.2, 0.25) is 5.02 Å². The van der Waals surface area contributed by atoms with E-state index in [9.17, 15) is 4.39 Å². The number of aromatic nitrogens is 1. The van der Waals surface area contributed by atoms with Crippen LogP contribution in [0.4, 0.5) is 4.39 Å². The fraction of sp³-hybridized carbons (Fsp3) is 0.214. The van der Waals surface area contributed by atoms with Gasteiger partial charge in [-0.2, -0.15) is 0 Å². The van der Waals surface area contributed by atoms with Gasteiger partial charge < -0.3 is 5.32 Å². The van der Waals surface area contributed by atoms with Gasteiger partial charge in [0.2, 0.25) is 0 Å². The predicted octanol–water partition coefficient (Wildman–Crippen LogP) is 3.23. The van der Waals surface area contributed by atoms with Crippen LogP contribution in [0.15, 0.2) is 42.7 Å². The number of pyridine rings is 1. The summed E-state index contributed by atoms with van der Waals surface area (Å²) in [5.41, 5.74) is 1.55. The summed E-state index contributed by atoms with van der Waals surface area (Å²) in [7, 11) is 1.84. The molecule has 0 amide bonds. The van der Waals surface area contributed by atoms with E-state index in [1.807, 2.05) is 19.2 Å². The van der Waals surface area contributed by atoms with Crippen molar-refractivity contribution in [1.82, 2.24) is 10.3 Å². The van der Waals surface area contributed by atoms with Crippen molar-refractivity contribution in [3.05, 3.63) is 64.7 Å². The number of benzene rings is 1. The van der Waals surface area contributed by atoms with E-state index >= 15 is 0 Å². The molecule has 2 rings (SSSR count). The minimum Gasteiger partial charge on any atom is -0.319 e. The summed E-state index contributed by atoms with van der Waals surface area (Å²) >= 11 is 5.95. The van der Waals surface area contributed by atoms with Crippen molar-refractivity contribution < 1.29 is 4.39 Å². The normalized spacial score (nSPS) is 12.4. The maximum absolute atomic E-state index is 13.9. The average Bonchev–Trinajstić information content (AvgIpc) is 2.40. The van der Waals surface area contributed by atoms with Crippen LogP contribution in [-0.2, 0) is 0 Å². The van der Waals surface area contributed by atoms with Gasteiger partial charge in [0.05, 0.1) is 0 Å². The molecule has 94 valence electrons. The molecule has 0 bridgehead atoms. The highest BCUT2D eigenvalue weighted by atomic mass is 35.5. The molecule has 1 unspecified atom stereocenters. The molecule has 0 saturated heterocycles. The summed E-state index contributed by atoms with van der Waals surface area (Å²) in [5, 5.41) is 3.61. The molecule has 1 aromatic carbocycles. The highest BCUT2D eigenvalue weighted by molar-refractivity contribution is 6.30. The van der Waals surface area contributed by atoms with Crippen molar-refractivity contribution in [1.29, 1.82) is 0 Å². The second-order valence-electron chi connectivity index (χ2n) is 4.06. The summed E-state index contributed by atoms with van der Waals surface area (Å²) < 4.78 is 13.9. The second-order valence-corrected chi connectivity index (χ2v) is 4.50. The van der Waals surface area contributed by atoms with Gasteiger partial charge in [0.15, 0.2) is 0 Å². The van der Waals surface area contributed by atoms with Gasteiger partial charge in [0.25, 0.3) is 0 Å². The maximum Gasteiger partial charge on any atom is 0.127 e. The van der Waals surface area contributed by atoms with E-state index in [-0.39, 0.29) is 11.7 Å². The standard InChI is InChI=1S/C14H14ClFN2/c1-17-9-13(10-3-2-6-18-8-10)12-7-11(15)4-5-14(12)16/h2-8,13,17H,9H2,1H3. The molecular weight excluding hydrogens is 251 g/mol. The third-order valence-corrected chi connectivity index (χ3v) is 3.06. The lowest BCUT2D eigenvalue weighted by Gasteiger charge is -2.18. The lowest BCUT2D eigenvalue weighted by Crippen LogP contribution is -2.19. The summed E-state index contributed by atoms with van der Waals surface area (Å²) in [6, 6.07) is 8.42. The monoisotopic (exact) mass is 264 g/mol. The fourth-order valence-electron chi connectivity index (χ4n) is 1.98. The van der Waals surface area contributed by atoms with Crippen LogP contribution in [0.3, 0.4) is 0 Å². The summed E-state index contributed by atoms with van der Waals surface area (Å²) in [6.07, 6.45) is 3.45. The predicted molar refractivity (Wildman–Crippen MR) is 71.4 cm³/mol. The summed E-state index contributed by atoms with van der Waals surface area (Å²) in [6.45, 7) is 0.628. The molecule has 1 heterocycles. The molecule has 2 aromatic rings. The topological polar surface area (TPSA) is 24.9 Å². The zero-order valence-electron chi connectivity index (χ0n) is 10.0. The first-order chi connectivity index (χ1) is 8.72. The Balaban J connectivity index is 2.44. The van der Waals surface area contributed by atoms with Crippen molar-refractivity contribution >= 4 is 11.6 Å². The largest absolute Gasteiger partial charge is 0.319 e. The number of hydrogen-bond donors (Lipinski definition) is 1. The van der Waals surface area contributed by atoms with Gasteiger partial charge in [-0.1, -0.05) is 17.7 Å². The number of halogens is 2. The zero-order valence-corrected chi connectivity index (χ0v) is 10.8. The molecule has 0 saturated carbocycles. The Morgan fingerprint density at radius 2 is 2.22 bits per heavy atom. The van der Waals surface area contributed by atoms with Gasteiger partial charge >= 0.3 is 0 Å². The van der Waals surface area contributed by atoms with Gasteiger partial charge in [-0.05, 0) is 42.4 Å². The van der Waals surface area contributed by atoms with E-state index in [4.69, 9.17) is 11.6 Å². The third-order valence-electron chi connectivity index (χ3n) is 2.83. The average molecular weight is 265 g/mol. The molecule has 0 radical (unpaired) electrons. The number of nitrogens with zero attached hydrogens (tertiary/aromatic N) is 1. The third kappa shape index (κ3) is 2.86. The first-order valence-corrected chi connectivity index (χ1v) is 6.09. The molecular formula is C14H14ClFN2. The molecule has 0 aliphatic rings. The lowest BCUT2D eigenvalue weighted by molar-refractivity contribution is 0.586. The van der Waals surface area contributed by atoms with Crippen LogP contribution in [0.1, 0.15) is 17.0 Å². The molecule has 1 N–H and O–H groups in total. The first kappa shape index (κ1) is 13.0. The van der Waals surface area contributed by atoms with Crippen LogP contribution >= 0.6 is 11.6 Å².